The predicted octanol–water partition coefficient (Wildman–Crippen LogP) is 1.76. The van der Waals surface area contributed by atoms with E-state index in [9.17, 15) is 9.59 Å². The summed E-state index contributed by atoms with van der Waals surface area (Å²) < 4.78 is 1.50. The third-order valence-corrected chi connectivity index (χ3v) is 4.16. The van der Waals surface area contributed by atoms with Gasteiger partial charge in [0.25, 0.3) is 5.56 Å². The quantitative estimate of drug-likeness (QED) is 0.932. The number of hydrogen-bond donors (Lipinski definition) is 1. The van der Waals surface area contributed by atoms with E-state index in [1.165, 1.54) is 28.0 Å². The van der Waals surface area contributed by atoms with Gasteiger partial charge in [0.2, 0.25) is 4.96 Å². The third-order valence-electron chi connectivity index (χ3n) is 3.19. The second-order valence-electron chi connectivity index (χ2n) is 4.87. The van der Waals surface area contributed by atoms with E-state index in [-0.39, 0.29) is 17.2 Å². The molecule has 2 aromatic heterocycles. The molecule has 7 heteroatoms. The van der Waals surface area contributed by atoms with Crippen LogP contribution < -0.4 is 11.3 Å². The zero-order valence-corrected chi connectivity index (χ0v) is 12.8. The molecule has 0 saturated heterocycles. The lowest BCUT2D eigenvalue weighted by atomic mass is 10.1. The molecular formula is C15H14N4O2S. The number of aryl methyl sites for hydroxylation is 1. The van der Waals surface area contributed by atoms with E-state index in [1.807, 2.05) is 0 Å². The first-order valence-electron chi connectivity index (χ1n) is 6.88. The summed E-state index contributed by atoms with van der Waals surface area (Å²) in [6, 6.07) is 0. The summed E-state index contributed by atoms with van der Waals surface area (Å²) in [7, 11) is 0. The van der Waals surface area contributed by atoms with Crippen LogP contribution in [0.1, 0.15) is 23.9 Å². The molecule has 1 aliphatic carbocycles. The fourth-order valence-corrected chi connectivity index (χ4v) is 3.10. The molecule has 0 saturated carbocycles. The summed E-state index contributed by atoms with van der Waals surface area (Å²) in [6.45, 7) is 2.06. The summed E-state index contributed by atoms with van der Waals surface area (Å²) in [6.07, 6.45) is 9.56. The van der Waals surface area contributed by atoms with Crippen molar-refractivity contribution in [3.63, 3.8) is 0 Å². The fraction of sp³-hybridized carbons (Fsp3) is 0.200. The second kappa shape index (κ2) is 5.69. The lowest BCUT2D eigenvalue weighted by Gasteiger charge is -2.03. The van der Waals surface area contributed by atoms with Crippen molar-refractivity contribution in [2.75, 3.05) is 5.73 Å². The smallest absolute Gasteiger partial charge is 0.283 e. The Hall–Kier alpha value is -2.54. The van der Waals surface area contributed by atoms with Crippen molar-refractivity contribution in [2.24, 2.45) is 0 Å². The molecule has 0 aromatic carbocycles. The van der Waals surface area contributed by atoms with Crippen LogP contribution in [0.5, 0.6) is 0 Å². The number of fused-ring (bicyclic) bond motifs is 1. The van der Waals surface area contributed by atoms with E-state index in [2.05, 4.69) is 17.0 Å². The Bertz CT molecular complexity index is 884. The van der Waals surface area contributed by atoms with Gasteiger partial charge in [0, 0.05) is 6.42 Å². The Morgan fingerprint density at radius 3 is 2.68 bits per heavy atom. The molecule has 22 heavy (non-hydrogen) atoms. The number of rotatable bonds is 3. The van der Waals surface area contributed by atoms with Crippen molar-refractivity contribution < 1.29 is 4.79 Å². The normalized spacial score (nSPS) is 14.0. The largest absolute Gasteiger partial charge is 0.383 e. The van der Waals surface area contributed by atoms with Gasteiger partial charge in [-0.3, -0.25) is 9.59 Å². The first kappa shape index (κ1) is 14.4. The van der Waals surface area contributed by atoms with Crippen molar-refractivity contribution >= 4 is 34.0 Å². The number of anilines is 1. The molecule has 0 radical (unpaired) electrons. The van der Waals surface area contributed by atoms with E-state index in [0.29, 0.717) is 10.5 Å². The van der Waals surface area contributed by atoms with Gasteiger partial charge in [0.05, 0.1) is 5.56 Å². The van der Waals surface area contributed by atoms with Crippen molar-refractivity contribution in [1.82, 2.24) is 14.6 Å². The monoisotopic (exact) mass is 314 g/mol. The summed E-state index contributed by atoms with van der Waals surface area (Å²) in [4.78, 5) is 27.8. The summed E-state index contributed by atoms with van der Waals surface area (Å²) in [5.41, 5.74) is 6.69. The summed E-state index contributed by atoms with van der Waals surface area (Å²) in [5.74, 6) is 0.180. The van der Waals surface area contributed by atoms with Gasteiger partial charge >= 0.3 is 0 Å². The number of aromatic nitrogens is 3. The van der Waals surface area contributed by atoms with Crippen LogP contribution in [0.15, 0.2) is 34.7 Å². The molecule has 6 nitrogen and oxygen atoms in total. The second-order valence-corrected chi connectivity index (χ2v) is 5.91. The number of carbonyl (C=O) groups excluding carboxylic acids is 1. The summed E-state index contributed by atoms with van der Waals surface area (Å²) in [5, 5.41) is 5.30. The van der Waals surface area contributed by atoms with Gasteiger partial charge in [-0.25, -0.2) is 0 Å². The molecule has 0 atom stereocenters. The average Bonchev–Trinajstić information content (AvgIpc) is 2.88. The van der Waals surface area contributed by atoms with E-state index < -0.39 is 5.56 Å². The average molecular weight is 314 g/mol. The maximum Gasteiger partial charge on any atom is 0.283 e. The third kappa shape index (κ3) is 2.62. The minimum Gasteiger partial charge on any atom is -0.383 e. The zero-order valence-electron chi connectivity index (χ0n) is 11.9. The van der Waals surface area contributed by atoms with E-state index in [0.717, 1.165) is 17.8 Å². The Labute approximate surface area is 130 Å². The van der Waals surface area contributed by atoms with Crippen LogP contribution in [0.4, 0.5) is 5.82 Å². The van der Waals surface area contributed by atoms with E-state index in [1.54, 1.807) is 18.2 Å². The molecule has 112 valence electrons. The topological polar surface area (TPSA) is 90.4 Å². The molecule has 2 heterocycles. The van der Waals surface area contributed by atoms with E-state index >= 15 is 0 Å². The van der Waals surface area contributed by atoms with Crippen molar-refractivity contribution in [2.45, 2.75) is 19.8 Å². The van der Waals surface area contributed by atoms with E-state index in [4.69, 9.17) is 5.73 Å². The zero-order chi connectivity index (χ0) is 15.7. The van der Waals surface area contributed by atoms with Gasteiger partial charge in [-0.1, -0.05) is 30.4 Å². The number of ketones is 1. The molecule has 0 spiro atoms. The van der Waals surface area contributed by atoms with Gasteiger partial charge in [-0.05, 0) is 30.2 Å². The van der Waals surface area contributed by atoms with Gasteiger partial charge in [0.1, 0.15) is 10.8 Å². The molecule has 0 bridgehead atoms. The first-order valence-corrected chi connectivity index (χ1v) is 7.70. The van der Waals surface area contributed by atoms with Gasteiger partial charge in [-0.2, -0.15) is 14.6 Å². The number of nitrogens with zero attached hydrogens (tertiary/aromatic N) is 3. The van der Waals surface area contributed by atoms with Crippen molar-refractivity contribution in [3.05, 3.63) is 50.8 Å². The van der Waals surface area contributed by atoms with Crippen LogP contribution in [0.2, 0.25) is 0 Å². The first-order chi connectivity index (χ1) is 10.6. The highest BCUT2D eigenvalue weighted by molar-refractivity contribution is 7.16. The minimum atomic E-state index is -0.393. The predicted molar refractivity (Wildman–Crippen MR) is 86.8 cm³/mol. The Kier molecular flexibility index (Phi) is 3.72. The van der Waals surface area contributed by atoms with Gasteiger partial charge < -0.3 is 5.73 Å². The molecule has 2 N–H and O–H groups in total. The molecule has 0 fully saturated rings. The maximum absolute atomic E-state index is 12.2. The highest BCUT2D eigenvalue weighted by Crippen LogP contribution is 2.20. The van der Waals surface area contributed by atoms with Crippen LogP contribution in [0, 0.1) is 0 Å². The number of hydrogen-bond acceptors (Lipinski definition) is 6. The molecule has 0 unspecified atom stereocenters. The molecule has 3 rings (SSSR count). The molecule has 0 aliphatic heterocycles. The Morgan fingerprint density at radius 1 is 1.27 bits per heavy atom. The van der Waals surface area contributed by atoms with Crippen LogP contribution in [-0.2, 0) is 11.2 Å². The Morgan fingerprint density at radius 2 is 2.00 bits per heavy atom. The van der Waals surface area contributed by atoms with Crippen LogP contribution in [0.3, 0.4) is 0 Å². The maximum atomic E-state index is 12.2. The lowest BCUT2D eigenvalue weighted by Crippen LogP contribution is -2.16. The SMILES string of the molecule is CCCc1nn2c(N)c(C=C3C=CC(=O)C=C3)c(=O)nc2s1. The highest BCUT2D eigenvalue weighted by Gasteiger charge is 2.13. The molecular weight excluding hydrogens is 300 g/mol. The van der Waals surface area contributed by atoms with Crippen LogP contribution in [0.25, 0.3) is 11.0 Å². The van der Waals surface area contributed by atoms with Crippen molar-refractivity contribution in [1.29, 1.82) is 0 Å². The standard InChI is InChI=1S/C15H14N4O2S/c1-2-3-12-18-19-13(16)11(14(21)17-15(19)22-12)8-9-4-6-10(20)7-5-9/h4-8H,2-3,16H2,1H3. The van der Waals surface area contributed by atoms with Gasteiger partial charge in [-0.15, -0.1) is 0 Å². The van der Waals surface area contributed by atoms with Crippen molar-refractivity contribution in [3.8, 4) is 0 Å². The molecule has 2 aromatic rings. The Balaban J connectivity index is 2.12. The van der Waals surface area contributed by atoms with Gasteiger partial charge in [0.15, 0.2) is 5.78 Å². The number of nitrogens with two attached hydrogens (primary N) is 1. The highest BCUT2D eigenvalue weighted by atomic mass is 32.1. The van der Waals surface area contributed by atoms with Crippen LogP contribution >= 0.6 is 11.3 Å². The number of carbonyl (C=O) groups is 1. The fourth-order valence-electron chi connectivity index (χ4n) is 2.10. The number of allylic oxidation sites excluding steroid dienone is 5. The number of nitrogen functional groups attached to an aromatic ring is 1. The molecule has 1 aliphatic rings. The summed E-state index contributed by atoms with van der Waals surface area (Å²) >= 11 is 1.37. The minimum absolute atomic E-state index is 0.0841. The lowest BCUT2D eigenvalue weighted by molar-refractivity contribution is -0.110. The van der Waals surface area contributed by atoms with Crippen LogP contribution in [-0.4, -0.2) is 20.4 Å². The molecule has 0 amide bonds.